The van der Waals surface area contributed by atoms with E-state index in [4.69, 9.17) is 0 Å². The van der Waals surface area contributed by atoms with Crippen molar-refractivity contribution >= 4 is 5.69 Å². The number of nitrogens with zero attached hydrogens (tertiary/aromatic N) is 2. The highest BCUT2D eigenvalue weighted by Gasteiger charge is 2.51. The minimum Gasteiger partial charge on any atom is -0.299 e. The minimum atomic E-state index is 0.0614. The molecule has 124 valence electrons. The number of fused-ring (bicyclic) bond motifs is 1. The first-order valence-corrected chi connectivity index (χ1v) is 8.98. The third-order valence-corrected chi connectivity index (χ3v) is 6.11. The fourth-order valence-corrected chi connectivity index (χ4v) is 4.45. The summed E-state index contributed by atoms with van der Waals surface area (Å²) >= 11 is 0. The highest BCUT2D eigenvalue weighted by atomic mass is 16.3. The number of rotatable bonds is 2. The van der Waals surface area contributed by atoms with Crippen LogP contribution in [0.4, 0.5) is 5.69 Å². The zero-order valence-electron chi connectivity index (χ0n) is 14.3. The van der Waals surface area contributed by atoms with Crippen LogP contribution in [-0.4, -0.2) is 28.8 Å². The second kappa shape index (κ2) is 6.14. The van der Waals surface area contributed by atoms with E-state index in [0.717, 1.165) is 44.6 Å². The van der Waals surface area contributed by atoms with Crippen molar-refractivity contribution in [3.8, 4) is 0 Å². The van der Waals surface area contributed by atoms with Crippen molar-refractivity contribution in [1.29, 1.82) is 0 Å². The molecular weight excluding hydrogens is 296 g/mol. The van der Waals surface area contributed by atoms with Gasteiger partial charge in [-0.25, -0.2) is 0 Å². The van der Waals surface area contributed by atoms with Gasteiger partial charge in [-0.1, -0.05) is 48.5 Å². The van der Waals surface area contributed by atoms with Crippen LogP contribution < -0.4 is 0 Å². The van der Waals surface area contributed by atoms with Gasteiger partial charge in [-0.15, -0.1) is 0 Å². The van der Waals surface area contributed by atoms with Crippen LogP contribution in [0.5, 0.6) is 0 Å². The Morgan fingerprint density at radius 2 is 1.71 bits per heavy atom. The van der Waals surface area contributed by atoms with E-state index in [9.17, 15) is 4.91 Å². The molecule has 0 aliphatic carbocycles. The van der Waals surface area contributed by atoms with Gasteiger partial charge in [0.05, 0.1) is 0 Å². The molecule has 0 N–H and O–H groups in total. The molecule has 2 heterocycles. The smallest absolute Gasteiger partial charge is 0.259 e. The predicted octanol–water partition coefficient (Wildman–Crippen LogP) is 4.32. The standard InChI is InChI=1S/C21H25N2O/c1-17-21(15-19-9-5-6-10-20(19)23(17)24)11-13-22(14-12-21)16-18-7-3-2-4-8-18/h2-10,17H,11-16H2,1H3/q+1. The lowest BCUT2D eigenvalue weighted by molar-refractivity contribution is -0.531. The fourth-order valence-electron chi connectivity index (χ4n) is 4.45. The quantitative estimate of drug-likeness (QED) is 0.769. The Labute approximate surface area is 143 Å². The maximum absolute atomic E-state index is 12.8. The Balaban J connectivity index is 1.49. The molecule has 0 saturated carbocycles. The summed E-state index contributed by atoms with van der Waals surface area (Å²) in [4.78, 5) is 15.3. The molecular formula is C21H25N2O+. The summed E-state index contributed by atoms with van der Waals surface area (Å²) in [6, 6.07) is 18.9. The summed E-state index contributed by atoms with van der Waals surface area (Å²) in [5, 5.41) is 0. The zero-order valence-corrected chi connectivity index (χ0v) is 14.3. The van der Waals surface area contributed by atoms with E-state index < -0.39 is 0 Å². The highest BCUT2D eigenvalue weighted by Crippen LogP contribution is 2.46. The average molecular weight is 321 g/mol. The molecule has 2 aliphatic heterocycles. The summed E-state index contributed by atoms with van der Waals surface area (Å²) in [5.74, 6) is 0. The van der Waals surface area contributed by atoms with Crippen molar-refractivity contribution in [3.05, 3.63) is 70.6 Å². The number of hydrogen-bond acceptors (Lipinski definition) is 2. The number of hydrogen-bond donors (Lipinski definition) is 0. The Hall–Kier alpha value is -2.00. The molecule has 1 saturated heterocycles. The van der Waals surface area contributed by atoms with Gasteiger partial charge in [-0.2, -0.15) is 0 Å². The van der Waals surface area contributed by atoms with E-state index >= 15 is 0 Å². The molecule has 1 fully saturated rings. The molecule has 24 heavy (non-hydrogen) atoms. The van der Waals surface area contributed by atoms with Gasteiger partial charge < -0.3 is 0 Å². The molecule has 2 aromatic carbocycles. The van der Waals surface area contributed by atoms with Gasteiger partial charge in [0.15, 0.2) is 0 Å². The van der Waals surface area contributed by atoms with Crippen molar-refractivity contribution in [2.24, 2.45) is 5.41 Å². The lowest BCUT2D eigenvalue weighted by atomic mass is 9.67. The van der Waals surface area contributed by atoms with Crippen LogP contribution in [0.2, 0.25) is 0 Å². The largest absolute Gasteiger partial charge is 0.299 e. The molecule has 2 aliphatic rings. The van der Waals surface area contributed by atoms with Gasteiger partial charge in [0, 0.05) is 40.2 Å². The summed E-state index contributed by atoms with van der Waals surface area (Å²) in [6.45, 7) is 5.29. The van der Waals surface area contributed by atoms with Crippen molar-refractivity contribution in [2.45, 2.75) is 38.8 Å². The highest BCUT2D eigenvalue weighted by molar-refractivity contribution is 5.42. The summed E-state index contributed by atoms with van der Waals surface area (Å²) in [5.41, 5.74) is 3.61. The molecule has 4 rings (SSSR count). The SMILES string of the molecule is CC1[N+](=O)c2ccccc2CC12CCN(Cc1ccccc1)CC2. The number of nitroso groups, excluding NO2 is 1. The van der Waals surface area contributed by atoms with E-state index in [1.54, 1.807) is 0 Å². The molecule has 1 atom stereocenters. The van der Waals surface area contributed by atoms with Crippen LogP contribution in [0, 0.1) is 10.3 Å². The van der Waals surface area contributed by atoms with E-state index in [1.807, 2.05) is 12.1 Å². The lowest BCUT2D eigenvalue weighted by Gasteiger charge is -2.43. The van der Waals surface area contributed by atoms with Crippen LogP contribution in [0.15, 0.2) is 54.6 Å². The van der Waals surface area contributed by atoms with Crippen LogP contribution in [0.3, 0.4) is 0 Å². The van der Waals surface area contributed by atoms with Crippen LogP contribution in [0.1, 0.15) is 30.9 Å². The minimum absolute atomic E-state index is 0.0614. The molecule has 2 aromatic rings. The van der Waals surface area contributed by atoms with Crippen LogP contribution in [-0.2, 0) is 13.0 Å². The Morgan fingerprint density at radius 1 is 1.04 bits per heavy atom. The summed E-state index contributed by atoms with van der Waals surface area (Å²) in [6.07, 6.45) is 3.25. The first kappa shape index (κ1) is 15.5. The molecule has 3 nitrogen and oxygen atoms in total. The van der Waals surface area contributed by atoms with E-state index in [2.05, 4.69) is 54.3 Å². The molecule has 0 bridgehead atoms. The Morgan fingerprint density at radius 3 is 2.46 bits per heavy atom. The second-order valence-electron chi connectivity index (χ2n) is 7.43. The zero-order chi connectivity index (χ0) is 16.6. The van der Waals surface area contributed by atoms with E-state index in [0.29, 0.717) is 0 Å². The van der Waals surface area contributed by atoms with Crippen LogP contribution in [0.25, 0.3) is 0 Å². The second-order valence-corrected chi connectivity index (χ2v) is 7.43. The molecule has 3 heteroatoms. The molecule has 0 amide bonds. The normalized spacial score (nSPS) is 23.2. The Kier molecular flexibility index (Phi) is 3.97. The topological polar surface area (TPSA) is 23.3 Å². The maximum atomic E-state index is 12.8. The average Bonchev–Trinajstić information content (AvgIpc) is 2.63. The van der Waals surface area contributed by atoms with Crippen molar-refractivity contribution in [2.75, 3.05) is 13.1 Å². The number of likely N-dealkylation sites (tertiary alicyclic amines) is 1. The lowest BCUT2D eigenvalue weighted by Crippen LogP contribution is -2.51. The van der Waals surface area contributed by atoms with Gasteiger partial charge in [0.1, 0.15) is 0 Å². The number of para-hydroxylation sites is 1. The predicted molar refractivity (Wildman–Crippen MR) is 96.3 cm³/mol. The van der Waals surface area contributed by atoms with Gasteiger partial charge >= 0.3 is 0 Å². The van der Waals surface area contributed by atoms with Gasteiger partial charge in [-0.05, 0) is 37.9 Å². The number of benzene rings is 2. The van der Waals surface area contributed by atoms with E-state index in [1.165, 1.54) is 15.9 Å². The number of piperidine rings is 1. The summed E-state index contributed by atoms with van der Waals surface area (Å²) < 4.78 is 1.27. The van der Waals surface area contributed by atoms with Gasteiger partial charge in [0.2, 0.25) is 6.04 Å². The molecule has 0 aromatic heterocycles. The first-order chi connectivity index (χ1) is 11.7. The third-order valence-electron chi connectivity index (χ3n) is 6.11. The van der Waals surface area contributed by atoms with Gasteiger partial charge in [0.25, 0.3) is 5.69 Å². The fraction of sp³-hybridized carbons (Fsp3) is 0.429. The first-order valence-electron chi connectivity index (χ1n) is 8.98. The molecule has 0 radical (unpaired) electrons. The molecule has 1 unspecified atom stereocenters. The third kappa shape index (κ3) is 2.67. The van der Waals surface area contributed by atoms with Crippen LogP contribution >= 0.6 is 0 Å². The maximum Gasteiger partial charge on any atom is 0.259 e. The van der Waals surface area contributed by atoms with Crippen molar-refractivity contribution in [3.63, 3.8) is 0 Å². The van der Waals surface area contributed by atoms with Crippen molar-refractivity contribution in [1.82, 2.24) is 4.90 Å². The summed E-state index contributed by atoms with van der Waals surface area (Å²) in [7, 11) is 0. The van der Waals surface area contributed by atoms with Crippen molar-refractivity contribution < 1.29 is 4.76 Å². The molecule has 1 spiro atoms. The monoisotopic (exact) mass is 321 g/mol. The van der Waals surface area contributed by atoms with E-state index in [-0.39, 0.29) is 11.5 Å². The van der Waals surface area contributed by atoms with Gasteiger partial charge in [-0.3, -0.25) is 4.90 Å². The Bertz CT molecular complexity index is 733.